The zero-order valence-corrected chi connectivity index (χ0v) is 19.0. The molecule has 8 nitrogen and oxygen atoms in total. The van der Waals surface area contributed by atoms with E-state index in [1.54, 1.807) is 48.5 Å². The predicted octanol–water partition coefficient (Wildman–Crippen LogP) is 0.975. The number of Topliss-reactive ketones (excluding diaryl/α,β-unsaturated/α-hetero) is 1. The van der Waals surface area contributed by atoms with Gasteiger partial charge < -0.3 is 28.8 Å². The Kier molecular flexibility index (Phi) is 6.11. The zero-order valence-electron chi connectivity index (χ0n) is 19.0. The van der Waals surface area contributed by atoms with Gasteiger partial charge in [-0.15, -0.1) is 0 Å². The van der Waals surface area contributed by atoms with Crippen molar-refractivity contribution in [1.29, 1.82) is 0 Å². The number of rotatable bonds is 8. The highest BCUT2D eigenvalue weighted by Gasteiger charge is 2.41. The summed E-state index contributed by atoms with van der Waals surface area (Å²) in [6.45, 7) is 0.911. The second-order valence-electron chi connectivity index (χ2n) is 8.16. The standard InChI is InChI=1S/C25H26N2O6/c1-26(2)12-13-27-21(16-9-5-6-10-17(16)31-3)20(23(29)25(27)30)22(28)19-14-15-8-7-11-18(32-4)24(15)33-19/h5-11,14,21,29H,12-13H2,1-4H3. The van der Waals surface area contributed by atoms with Gasteiger partial charge in [0.05, 0.1) is 47.4 Å². The molecule has 1 aliphatic rings. The van der Waals surface area contributed by atoms with Crippen LogP contribution in [0, 0.1) is 0 Å². The zero-order chi connectivity index (χ0) is 23.7. The topological polar surface area (TPSA) is 96.5 Å². The molecule has 0 bridgehead atoms. The Morgan fingerprint density at radius 1 is 1.09 bits per heavy atom. The van der Waals surface area contributed by atoms with Crippen molar-refractivity contribution in [2.75, 3.05) is 41.4 Å². The van der Waals surface area contributed by atoms with E-state index >= 15 is 0 Å². The van der Waals surface area contributed by atoms with Crippen LogP contribution in [0.1, 0.15) is 22.2 Å². The molecule has 0 radical (unpaired) electrons. The maximum absolute atomic E-state index is 13.6. The Bertz CT molecular complexity index is 1240. The smallest absolute Gasteiger partial charge is 0.240 e. The Morgan fingerprint density at radius 3 is 2.48 bits per heavy atom. The fourth-order valence-corrected chi connectivity index (χ4v) is 4.10. The Morgan fingerprint density at radius 2 is 1.79 bits per heavy atom. The van der Waals surface area contributed by atoms with Crippen molar-refractivity contribution in [2.24, 2.45) is 0 Å². The third-order valence-corrected chi connectivity index (χ3v) is 5.77. The van der Waals surface area contributed by atoms with Crippen LogP contribution < -0.4 is 19.5 Å². The highest BCUT2D eigenvalue weighted by molar-refractivity contribution is 6.16. The summed E-state index contributed by atoms with van der Waals surface area (Å²) in [5.74, 6) is -1.21. The number of amides is 1. The number of carbonyl (C=O) groups excluding carboxylic acids is 2. The molecule has 0 saturated carbocycles. The first kappa shape index (κ1) is 22.4. The lowest BCUT2D eigenvalue weighted by Crippen LogP contribution is -3.06. The van der Waals surface area contributed by atoms with Crippen LogP contribution in [0.3, 0.4) is 0 Å². The number of quaternary nitrogens is 1. The average molecular weight is 450 g/mol. The number of hydrogen-bond acceptors (Lipinski definition) is 6. The molecule has 172 valence electrons. The average Bonchev–Trinajstić information content (AvgIpc) is 3.36. The van der Waals surface area contributed by atoms with Gasteiger partial charge in [-0.3, -0.25) is 9.59 Å². The van der Waals surface area contributed by atoms with Crippen LogP contribution in [0.2, 0.25) is 0 Å². The van der Waals surface area contributed by atoms with E-state index in [0.29, 0.717) is 41.1 Å². The molecule has 0 saturated heterocycles. The highest BCUT2D eigenvalue weighted by atomic mass is 16.5. The molecule has 4 rings (SSSR count). The molecule has 0 spiro atoms. The molecule has 0 aliphatic carbocycles. The molecule has 2 heterocycles. The number of nitrogens with one attached hydrogen (secondary N) is 1. The van der Waals surface area contributed by atoms with Crippen molar-refractivity contribution in [2.45, 2.75) is 6.04 Å². The minimum atomic E-state index is -0.872. The first-order valence-electron chi connectivity index (χ1n) is 10.6. The van der Waals surface area contributed by atoms with Gasteiger partial charge >= 0.3 is 0 Å². The normalized spacial score (nSPS) is 16.2. The lowest BCUT2D eigenvalue weighted by atomic mass is 9.94. The lowest BCUT2D eigenvalue weighted by Gasteiger charge is -2.28. The maximum atomic E-state index is 13.6. The molecule has 2 aromatic carbocycles. The Balaban J connectivity index is 1.83. The summed E-state index contributed by atoms with van der Waals surface area (Å²) in [4.78, 5) is 29.2. The summed E-state index contributed by atoms with van der Waals surface area (Å²) < 4.78 is 16.6. The van der Waals surface area contributed by atoms with Crippen LogP contribution in [0.5, 0.6) is 11.5 Å². The molecule has 33 heavy (non-hydrogen) atoms. The third kappa shape index (κ3) is 3.93. The fourth-order valence-electron chi connectivity index (χ4n) is 4.10. The molecule has 1 N–H and O–H groups in total. The van der Waals surface area contributed by atoms with E-state index in [-0.39, 0.29) is 11.3 Å². The van der Waals surface area contributed by atoms with E-state index in [2.05, 4.69) is 0 Å². The van der Waals surface area contributed by atoms with Gasteiger partial charge in [-0.05, 0) is 24.0 Å². The number of furan rings is 1. The van der Waals surface area contributed by atoms with Gasteiger partial charge in [-0.1, -0.05) is 30.3 Å². The number of para-hydroxylation sites is 2. The number of carbonyl (C=O) groups is 2. The minimum absolute atomic E-state index is 0.0226. The number of methoxy groups -OCH3 is 2. The summed E-state index contributed by atoms with van der Waals surface area (Å²) >= 11 is 0. The van der Waals surface area contributed by atoms with Crippen LogP contribution in [-0.2, 0) is 4.79 Å². The van der Waals surface area contributed by atoms with Gasteiger partial charge in [0.15, 0.2) is 17.1 Å². The molecule has 3 aromatic rings. The number of likely N-dealkylation sites (N-methyl/N-ethyl adjacent to an activating group) is 1. The Hall–Kier alpha value is -3.78. The molecule has 1 atom stereocenters. The number of ether oxygens (including phenoxy) is 2. The van der Waals surface area contributed by atoms with Gasteiger partial charge in [0, 0.05) is 16.5 Å². The van der Waals surface area contributed by atoms with Gasteiger partial charge in [0.1, 0.15) is 5.75 Å². The van der Waals surface area contributed by atoms with E-state index in [1.807, 2.05) is 14.1 Å². The second kappa shape index (κ2) is 8.99. The number of nitrogens with zero attached hydrogens (tertiary/aromatic N) is 1. The van der Waals surface area contributed by atoms with E-state index < -0.39 is 23.5 Å². The summed E-state index contributed by atoms with van der Waals surface area (Å²) in [5, 5.41) is 13.8. The maximum Gasteiger partial charge on any atom is 0.240 e. The molecule has 1 aromatic heterocycles. The molecule has 1 unspecified atom stereocenters. The molecule has 1 amide bonds. The fraction of sp³-hybridized carbons (Fsp3) is 0.280. The minimum Gasteiger partial charge on any atom is -0.868 e. The van der Waals surface area contributed by atoms with Crippen molar-refractivity contribution in [1.82, 2.24) is 4.90 Å². The first-order chi connectivity index (χ1) is 15.9. The number of hydrogen-bond donors (Lipinski definition) is 1. The third-order valence-electron chi connectivity index (χ3n) is 5.77. The SMILES string of the molecule is COc1ccccc1C1C(C(=O)c2cc3cccc(OC)c3o2)=C([O-])C(=O)N1CC[NH+](C)C. The van der Waals surface area contributed by atoms with E-state index in [9.17, 15) is 14.7 Å². The first-order valence-corrected chi connectivity index (χ1v) is 10.6. The van der Waals surface area contributed by atoms with Crippen molar-refractivity contribution >= 4 is 22.7 Å². The molecule has 8 heteroatoms. The summed E-state index contributed by atoms with van der Waals surface area (Å²) in [7, 11) is 6.93. The summed E-state index contributed by atoms with van der Waals surface area (Å²) in [5.41, 5.74) is 0.837. The molecular formula is C25H26N2O6. The van der Waals surface area contributed by atoms with Crippen LogP contribution in [-0.4, -0.2) is 58.0 Å². The number of fused-ring (bicyclic) bond motifs is 1. The predicted molar refractivity (Wildman–Crippen MR) is 119 cm³/mol. The highest BCUT2D eigenvalue weighted by Crippen LogP contribution is 2.42. The van der Waals surface area contributed by atoms with E-state index in [1.165, 1.54) is 19.1 Å². The van der Waals surface area contributed by atoms with Crippen LogP contribution in [0.15, 0.2) is 64.3 Å². The van der Waals surface area contributed by atoms with Crippen molar-refractivity contribution in [3.63, 3.8) is 0 Å². The molecule has 0 fully saturated rings. The Labute approximate surface area is 191 Å². The van der Waals surface area contributed by atoms with Gasteiger partial charge in [-0.2, -0.15) is 0 Å². The van der Waals surface area contributed by atoms with Gasteiger partial charge in [0.25, 0.3) is 0 Å². The monoisotopic (exact) mass is 450 g/mol. The molecular weight excluding hydrogens is 424 g/mol. The largest absolute Gasteiger partial charge is 0.868 e. The number of benzene rings is 2. The van der Waals surface area contributed by atoms with Crippen LogP contribution in [0.4, 0.5) is 0 Å². The second-order valence-corrected chi connectivity index (χ2v) is 8.16. The van der Waals surface area contributed by atoms with Crippen molar-refractivity contribution in [3.05, 3.63) is 71.2 Å². The van der Waals surface area contributed by atoms with E-state index in [4.69, 9.17) is 13.9 Å². The van der Waals surface area contributed by atoms with Crippen molar-refractivity contribution in [3.8, 4) is 11.5 Å². The van der Waals surface area contributed by atoms with Gasteiger partial charge in [-0.25, -0.2) is 0 Å². The van der Waals surface area contributed by atoms with Crippen LogP contribution in [0.25, 0.3) is 11.0 Å². The van der Waals surface area contributed by atoms with Crippen LogP contribution >= 0.6 is 0 Å². The van der Waals surface area contributed by atoms with E-state index in [0.717, 1.165) is 4.90 Å². The van der Waals surface area contributed by atoms with Gasteiger partial charge in [0.2, 0.25) is 11.7 Å². The quantitative estimate of drug-likeness (QED) is 0.514. The summed E-state index contributed by atoms with van der Waals surface area (Å²) in [6.07, 6.45) is 0. The molecule has 1 aliphatic heterocycles. The lowest BCUT2D eigenvalue weighted by molar-refractivity contribution is -0.857. The summed E-state index contributed by atoms with van der Waals surface area (Å²) in [6, 6.07) is 13.1. The van der Waals surface area contributed by atoms with Crippen molar-refractivity contribution < 1.29 is 33.5 Å². The number of ketones is 1.